The molecule has 0 aliphatic heterocycles. The first-order chi connectivity index (χ1) is 9.34. The lowest BCUT2D eigenvalue weighted by Gasteiger charge is -2.16. The largest absolute Gasteiger partial charge is 0.321 e. The predicted octanol–water partition coefficient (Wildman–Crippen LogP) is 2.61. The fourth-order valence-electron chi connectivity index (χ4n) is 2.43. The number of carbonyl (C=O) groups excluding carboxylic acids is 1. The second-order valence-corrected chi connectivity index (χ2v) is 4.67. The smallest absolute Gasteiger partial charge is 0.274 e. The molecule has 19 heavy (non-hydrogen) atoms. The molecular weight excluding hydrogens is 238 g/mol. The summed E-state index contributed by atoms with van der Waals surface area (Å²) < 4.78 is 0. The molecule has 4 nitrogen and oxygen atoms in total. The predicted molar refractivity (Wildman–Crippen MR) is 73.1 cm³/mol. The highest BCUT2D eigenvalue weighted by atomic mass is 16.1. The van der Waals surface area contributed by atoms with Crippen LogP contribution in [0.1, 0.15) is 34.6 Å². The summed E-state index contributed by atoms with van der Waals surface area (Å²) in [7, 11) is 0. The quantitative estimate of drug-likeness (QED) is 0.895. The molecule has 0 fully saturated rings. The Bertz CT molecular complexity index is 596. The summed E-state index contributed by atoms with van der Waals surface area (Å²) in [4.78, 5) is 20.7. The Balaban J connectivity index is 1.88. The molecule has 1 aliphatic carbocycles. The van der Waals surface area contributed by atoms with Crippen molar-refractivity contribution in [3.8, 4) is 0 Å². The van der Waals surface area contributed by atoms with Crippen molar-refractivity contribution in [1.29, 1.82) is 0 Å². The van der Waals surface area contributed by atoms with Gasteiger partial charge in [-0.1, -0.05) is 18.2 Å². The van der Waals surface area contributed by atoms with Crippen LogP contribution < -0.4 is 5.32 Å². The zero-order valence-corrected chi connectivity index (χ0v) is 10.6. The number of fused-ring (bicyclic) bond motifs is 1. The van der Waals surface area contributed by atoms with E-state index in [1.165, 1.54) is 6.33 Å². The topological polar surface area (TPSA) is 54.9 Å². The van der Waals surface area contributed by atoms with Crippen LogP contribution in [0.3, 0.4) is 0 Å². The maximum atomic E-state index is 12.3. The number of nitrogens with one attached hydrogen (secondary N) is 1. The molecule has 0 saturated heterocycles. The molecule has 1 aliphatic rings. The van der Waals surface area contributed by atoms with Crippen molar-refractivity contribution in [2.75, 3.05) is 5.32 Å². The van der Waals surface area contributed by atoms with Crippen molar-refractivity contribution in [2.24, 2.45) is 0 Å². The minimum absolute atomic E-state index is 0.147. The number of hydrogen-bond donors (Lipinski definition) is 1. The van der Waals surface area contributed by atoms with Gasteiger partial charge in [-0.3, -0.25) is 4.79 Å². The van der Waals surface area contributed by atoms with Gasteiger partial charge in [0, 0.05) is 16.9 Å². The van der Waals surface area contributed by atoms with Gasteiger partial charge in [-0.05, 0) is 37.8 Å². The average molecular weight is 253 g/mol. The molecule has 1 heterocycles. The van der Waals surface area contributed by atoms with E-state index in [1.54, 1.807) is 0 Å². The lowest BCUT2D eigenvalue weighted by molar-refractivity contribution is 0.102. The molecule has 0 bridgehead atoms. The molecule has 3 rings (SSSR count). The summed E-state index contributed by atoms with van der Waals surface area (Å²) in [5.74, 6) is -0.147. The van der Waals surface area contributed by atoms with Gasteiger partial charge in [-0.25, -0.2) is 9.97 Å². The summed E-state index contributed by atoms with van der Waals surface area (Å²) in [6.07, 6.45) is 5.58. The SMILES string of the molecule is O=C(Nc1ccccc1)c1ncnc2c1CCCC2. The Labute approximate surface area is 111 Å². The van der Waals surface area contributed by atoms with Gasteiger partial charge in [0.25, 0.3) is 5.91 Å². The molecule has 0 atom stereocenters. The maximum absolute atomic E-state index is 12.3. The van der Waals surface area contributed by atoms with Crippen molar-refractivity contribution in [3.63, 3.8) is 0 Å². The lowest BCUT2D eigenvalue weighted by atomic mass is 9.94. The van der Waals surface area contributed by atoms with E-state index in [-0.39, 0.29) is 5.91 Å². The summed E-state index contributed by atoms with van der Waals surface area (Å²) >= 11 is 0. The van der Waals surface area contributed by atoms with Gasteiger partial charge in [0.1, 0.15) is 12.0 Å². The molecule has 0 saturated carbocycles. The van der Waals surface area contributed by atoms with Gasteiger partial charge in [-0.2, -0.15) is 0 Å². The number of aromatic nitrogens is 2. The summed E-state index contributed by atoms with van der Waals surface area (Å²) in [6, 6.07) is 9.44. The number of amides is 1. The van der Waals surface area contributed by atoms with Gasteiger partial charge < -0.3 is 5.32 Å². The molecule has 1 N–H and O–H groups in total. The first-order valence-electron chi connectivity index (χ1n) is 6.54. The Hall–Kier alpha value is -2.23. The Kier molecular flexibility index (Phi) is 3.23. The van der Waals surface area contributed by atoms with E-state index < -0.39 is 0 Å². The molecular formula is C15H15N3O. The molecule has 0 unspecified atom stereocenters. The summed E-state index contributed by atoms with van der Waals surface area (Å²) in [6.45, 7) is 0. The molecule has 0 spiro atoms. The summed E-state index contributed by atoms with van der Waals surface area (Å²) in [5.41, 5.74) is 3.35. The third-order valence-corrected chi connectivity index (χ3v) is 3.37. The number of anilines is 1. The third-order valence-electron chi connectivity index (χ3n) is 3.37. The number of nitrogens with zero attached hydrogens (tertiary/aromatic N) is 2. The fraction of sp³-hybridized carbons (Fsp3) is 0.267. The van der Waals surface area contributed by atoms with Gasteiger partial charge in [0.2, 0.25) is 0 Å². The van der Waals surface area contributed by atoms with E-state index >= 15 is 0 Å². The fourth-order valence-corrected chi connectivity index (χ4v) is 2.43. The van der Waals surface area contributed by atoms with Gasteiger partial charge in [0.15, 0.2) is 0 Å². The van der Waals surface area contributed by atoms with Crippen LogP contribution in [-0.2, 0) is 12.8 Å². The first kappa shape index (κ1) is 11.8. The van der Waals surface area contributed by atoms with E-state index in [1.807, 2.05) is 30.3 Å². The van der Waals surface area contributed by atoms with Crippen LogP contribution in [0.4, 0.5) is 5.69 Å². The zero-order valence-electron chi connectivity index (χ0n) is 10.6. The highest BCUT2D eigenvalue weighted by Gasteiger charge is 2.19. The van der Waals surface area contributed by atoms with Crippen LogP contribution in [0.5, 0.6) is 0 Å². The maximum Gasteiger partial charge on any atom is 0.274 e. The van der Waals surface area contributed by atoms with Crippen molar-refractivity contribution in [2.45, 2.75) is 25.7 Å². The van der Waals surface area contributed by atoms with Crippen LogP contribution in [0, 0.1) is 0 Å². The number of para-hydroxylation sites is 1. The number of rotatable bonds is 2. The standard InChI is InChI=1S/C15H15N3O/c19-15(18-11-6-2-1-3-7-11)14-12-8-4-5-9-13(12)16-10-17-14/h1-3,6-7,10H,4-5,8-9H2,(H,18,19). The van der Waals surface area contributed by atoms with E-state index in [0.29, 0.717) is 5.69 Å². The highest BCUT2D eigenvalue weighted by molar-refractivity contribution is 6.03. The summed E-state index contributed by atoms with van der Waals surface area (Å²) in [5, 5.41) is 2.88. The van der Waals surface area contributed by atoms with Crippen LogP contribution in [0.15, 0.2) is 36.7 Å². The Morgan fingerprint density at radius 2 is 1.84 bits per heavy atom. The van der Waals surface area contributed by atoms with Crippen LogP contribution in [-0.4, -0.2) is 15.9 Å². The van der Waals surface area contributed by atoms with Crippen LogP contribution in [0.25, 0.3) is 0 Å². The van der Waals surface area contributed by atoms with E-state index in [0.717, 1.165) is 42.6 Å². The lowest BCUT2D eigenvalue weighted by Crippen LogP contribution is -2.19. The average Bonchev–Trinajstić information content (AvgIpc) is 2.47. The molecule has 0 radical (unpaired) electrons. The van der Waals surface area contributed by atoms with Crippen molar-refractivity contribution in [1.82, 2.24) is 9.97 Å². The molecule has 4 heteroatoms. The number of benzene rings is 1. The number of carbonyl (C=O) groups is 1. The molecule has 96 valence electrons. The van der Waals surface area contributed by atoms with Gasteiger partial charge in [-0.15, -0.1) is 0 Å². The normalized spacial score (nSPS) is 13.7. The van der Waals surface area contributed by atoms with Crippen molar-refractivity contribution in [3.05, 3.63) is 53.6 Å². The first-order valence-corrected chi connectivity index (χ1v) is 6.54. The minimum atomic E-state index is -0.147. The number of hydrogen-bond acceptors (Lipinski definition) is 3. The third kappa shape index (κ3) is 2.47. The highest BCUT2D eigenvalue weighted by Crippen LogP contribution is 2.21. The van der Waals surface area contributed by atoms with Gasteiger partial charge >= 0.3 is 0 Å². The second-order valence-electron chi connectivity index (χ2n) is 4.67. The molecule has 1 aromatic carbocycles. The van der Waals surface area contributed by atoms with Crippen LogP contribution in [0.2, 0.25) is 0 Å². The van der Waals surface area contributed by atoms with Crippen molar-refractivity contribution < 1.29 is 4.79 Å². The van der Waals surface area contributed by atoms with E-state index in [4.69, 9.17) is 0 Å². The Morgan fingerprint density at radius 3 is 2.68 bits per heavy atom. The van der Waals surface area contributed by atoms with Gasteiger partial charge in [0.05, 0.1) is 0 Å². The van der Waals surface area contributed by atoms with Crippen molar-refractivity contribution >= 4 is 11.6 Å². The molecule has 1 aromatic heterocycles. The molecule has 1 amide bonds. The second kappa shape index (κ2) is 5.18. The van der Waals surface area contributed by atoms with E-state index in [9.17, 15) is 4.79 Å². The number of aryl methyl sites for hydroxylation is 1. The monoisotopic (exact) mass is 253 g/mol. The zero-order chi connectivity index (χ0) is 13.1. The molecule has 2 aromatic rings. The Morgan fingerprint density at radius 1 is 1.05 bits per heavy atom. The van der Waals surface area contributed by atoms with E-state index in [2.05, 4.69) is 15.3 Å². The van der Waals surface area contributed by atoms with Crippen LogP contribution >= 0.6 is 0 Å². The minimum Gasteiger partial charge on any atom is -0.321 e.